The molecule has 0 saturated heterocycles. The Kier molecular flexibility index (Phi) is 2.74. The van der Waals surface area contributed by atoms with E-state index in [-0.39, 0.29) is 0 Å². The molecule has 3 heteroatoms. The minimum Gasteiger partial charge on any atom is -0.325 e. The van der Waals surface area contributed by atoms with E-state index >= 15 is 0 Å². The van der Waals surface area contributed by atoms with Crippen molar-refractivity contribution in [3.05, 3.63) is 47.9 Å². The minimum atomic E-state index is 0.432. The molecule has 0 amide bonds. The number of nitrogens with two attached hydrogens (primary N) is 1. The van der Waals surface area contributed by atoms with Gasteiger partial charge in [-0.1, -0.05) is 24.3 Å². The fraction of sp³-hybridized carbons (Fsp3) is 0.167. The second-order valence-electron chi connectivity index (χ2n) is 3.41. The summed E-state index contributed by atoms with van der Waals surface area (Å²) in [5, 5.41) is 0. The van der Waals surface area contributed by atoms with E-state index in [1.54, 1.807) is 12.4 Å². The Labute approximate surface area is 89.0 Å². The molecule has 2 aromatic rings. The quantitative estimate of drug-likeness (QED) is 0.803. The van der Waals surface area contributed by atoms with Gasteiger partial charge in [-0.05, 0) is 12.5 Å². The maximum atomic E-state index is 5.47. The summed E-state index contributed by atoms with van der Waals surface area (Å²) in [6.45, 7) is 2.49. The zero-order valence-corrected chi connectivity index (χ0v) is 8.64. The lowest BCUT2D eigenvalue weighted by atomic mass is 10.1. The third kappa shape index (κ3) is 2.02. The van der Waals surface area contributed by atoms with Crippen molar-refractivity contribution in [1.29, 1.82) is 0 Å². The Morgan fingerprint density at radius 3 is 2.53 bits per heavy atom. The molecule has 2 N–H and O–H groups in total. The van der Waals surface area contributed by atoms with Crippen LogP contribution in [0.3, 0.4) is 0 Å². The lowest BCUT2D eigenvalue weighted by Crippen LogP contribution is -2.00. The van der Waals surface area contributed by atoms with Gasteiger partial charge in [-0.2, -0.15) is 0 Å². The van der Waals surface area contributed by atoms with Gasteiger partial charge >= 0.3 is 0 Å². The van der Waals surface area contributed by atoms with Gasteiger partial charge in [0.05, 0.1) is 23.8 Å². The van der Waals surface area contributed by atoms with Crippen molar-refractivity contribution in [1.82, 2.24) is 9.97 Å². The second-order valence-corrected chi connectivity index (χ2v) is 3.41. The average molecular weight is 199 g/mol. The van der Waals surface area contributed by atoms with Crippen molar-refractivity contribution in [2.75, 3.05) is 0 Å². The molecule has 0 aliphatic carbocycles. The number of hydrogen-bond acceptors (Lipinski definition) is 3. The van der Waals surface area contributed by atoms with Crippen molar-refractivity contribution in [3.63, 3.8) is 0 Å². The first kappa shape index (κ1) is 9.80. The molecule has 3 nitrogen and oxygen atoms in total. The van der Waals surface area contributed by atoms with E-state index in [9.17, 15) is 0 Å². The molecule has 0 aliphatic heterocycles. The van der Waals surface area contributed by atoms with Crippen molar-refractivity contribution in [2.24, 2.45) is 5.73 Å². The number of nitrogens with zero attached hydrogens (tertiary/aromatic N) is 2. The number of rotatable bonds is 2. The van der Waals surface area contributed by atoms with Crippen molar-refractivity contribution >= 4 is 0 Å². The summed E-state index contributed by atoms with van der Waals surface area (Å²) in [5.74, 6) is 0. The predicted octanol–water partition coefficient (Wildman–Crippen LogP) is 1.91. The molecule has 0 spiro atoms. The van der Waals surface area contributed by atoms with Gasteiger partial charge < -0.3 is 5.73 Å². The van der Waals surface area contributed by atoms with Gasteiger partial charge in [-0.15, -0.1) is 0 Å². The Bertz CT molecular complexity index is 449. The van der Waals surface area contributed by atoms with Crippen LogP contribution in [0.1, 0.15) is 11.3 Å². The highest BCUT2D eigenvalue weighted by Crippen LogP contribution is 2.19. The summed E-state index contributed by atoms with van der Waals surface area (Å²) in [4.78, 5) is 8.57. The van der Waals surface area contributed by atoms with Gasteiger partial charge in [-0.3, -0.25) is 9.97 Å². The highest BCUT2D eigenvalue weighted by molar-refractivity contribution is 5.62. The molecule has 0 aliphatic rings. The zero-order chi connectivity index (χ0) is 10.7. The normalized spacial score (nSPS) is 10.3. The van der Waals surface area contributed by atoms with Crippen LogP contribution in [0.25, 0.3) is 11.3 Å². The monoisotopic (exact) mass is 199 g/mol. The molecule has 1 aromatic heterocycles. The topological polar surface area (TPSA) is 51.8 Å². The van der Waals surface area contributed by atoms with Gasteiger partial charge in [0.25, 0.3) is 0 Å². The molecular formula is C12H13N3. The van der Waals surface area contributed by atoms with Crippen LogP contribution in [0.5, 0.6) is 0 Å². The van der Waals surface area contributed by atoms with Crippen LogP contribution < -0.4 is 5.73 Å². The summed E-state index contributed by atoms with van der Waals surface area (Å²) in [6, 6.07) is 8.12. The molecule has 1 heterocycles. The van der Waals surface area contributed by atoms with E-state index in [1.165, 1.54) is 5.56 Å². The smallest absolute Gasteiger partial charge is 0.0888 e. The number of benzene rings is 1. The molecule has 2 rings (SSSR count). The molecule has 0 fully saturated rings. The van der Waals surface area contributed by atoms with E-state index in [0.717, 1.165) is 17.0 Å². The number of aryl methyl sites for hydroxylation is 1. The molecule has 1 aromatic carbocycles. The lowest BCUT2D eigenvalue weighted by Gasteiger charge is -2.04. The highest BCUT2D eigenvalue weighted by Gasteiger charge is 2.02. The Morgan fingerprint density at radius 2 is 1.93 bits per heavy atom. The minimum absolute atomic E-state index is 0.432. The van der Waals surface area contributed by atoms with Crippen LogP contribution in [-0.4, -0.2) is 9.97 Å². The first-order valence-electron chi connectivity index (χ1n) is 4.88. The summed E-state index contributed by atoms with van der Waals surface area (Å²) in [5.41, 5.74) is 9.49. The van der Waals surface area contributed by atoms with Crippen LogP contribution in [0.2, 0.25) is 0 Å². The second kappa shape index (κ2) is 4.19. The maximum Gasteiger partial charge on any atom is 0.0888 e. The van der Waals surface area contributed by atoms with Crippen molar-refractivity contribution in [3.8, 4) is 11.3 Å². The van der Waals surface area contributed by atoms with Crippen molar-refractivity contribution in [2.45, 2.75) is 13.5 Å². The molecule has 0 radical (unpaired) electrons. The standard InChI is InChI=1S/C12H13N3/c1-9-4-2-3-5-11(9)12-8-14-10(6-13)7-15-12/h2-5,7-8H,6,13H2,1H3. The largest absolute Gasteiger partial charge is 0.325 e. The highest BCUT2D eigenvalue weighted by atomic mass is 14.8. The molecule has 76 valence electrons. The SMILES string of the molecule is Cc1ccccc1-c1cnc(CN)cn1. The lowest BCUT2D eigenvalue weighted by molar-refractivity contribution is 0.965. The van der Waals surface area contributed by atoms with Crippen molar-refractivity contribution < 1.29 is 0 Å². The van der Waals surface area contributed by atoms with Gasteiger partial charge in [0, 0.05) is 12.1 Å². The first-order chi connectivity index (χ1) is 7.31. The number of aromatic nitrogens is 2. The Balaban J connectivity index is 2.42. The van der Waals surface area contributed by atoms with Crippen LogP contribution in [-0.2, 0) is 6.54 Å². The Morgan fingerprint density at radius 1 is 1.13 bits per heavy atom. The molecule has 0 saturated carbocycles. The zero-order valence-electron chi connectivity index (χ0n) is 8.64. The van der Waals surface area contributed by atoms with Gasteiger partial charge in [0.15, 0.2) is 0 Å². The third-order valence-corrected chi connectivity index (χ3v) is 2.34. The van der Waals surface area contributed by atoms with Crippen LogP contribution >= 0.6 is 0 Å². The van der Waals surface area contributed by atoms with Crippen LogP contribution in [0.4, 0.5) is 0 Å². The fourth-order valence-corrected chi connectivity index (χ4v) is 1.46. The molecule has 0 bridgehead atoms. The summed E-state index contributed by atoms with van der Waals surface area (Å²) in [7, 11) is 0. The molecule has 0 unspecified atom stereocenters. The molecule has 15 heavy (non-hydrogen) atoms. The predicted molar refractivity (Wildman–Crippen MR) is 60.1 cm³/mol. The maximum absolute atomic E-state index is 5.47. The Hall–Kier alpha value is -1.74. The summed E-state index contributed by atoms with van der Waals surface area (Å²) >= 11 is 0. The van der Waals surface area contributed by atoms with Gasteiger partial charge in [-0.25, -0.2) is 0 Å². The van der Waals surface area contributed by atoms with Gasteiger partial charge in [0.2, 0.25) is 0 Å². The van der Waals surface area contributed by atoms with E-state index in [2.05, 4.69) is 23.0 Å². The van der Waals surface area contributed by atoms with E-state index < -0.39 is 0 Å². The average Bonchev–Trinajstić information content (AvgIpc) is 2.30. The number of hydrogen-bond donors (Lipinski definition) is 1. The van der Waals surface area contributed by atoms with E-state index in [1.807, 2.05) is 18.2 Å². The fourth-order valence-electron chi connectivity index (χ4n) is 1.46. The first-order valence-corrected chi connectivity index (χ1v) is 4.88. The summed E-state index contributed by atoms with van der Waals surface area (Å²) < 4.78 is 0. The van der Waals surface area contributed by atoms with E-state index in [4.69, 9.17) is 5.73 Å². The molecule has 0 atom stereocenters. The van der Waals surface area contributed by atoms with E-state index in [0.29, 0.717) is 6.54 Å². The van der Waals surface area contributed by atoms with Crippen LogP contribution in [0.15, 0.2) is 36.7 Å². The van der Waals surface area contributed by atoms with Gasteiger partial charge in [0.1, 0.15) is 0 Å². The molecular weight excluding hydrogens is 186 g/mol. The third-order valence-electron chi connectivity index (χ3n) is 2.34. The van der Waals surface area contributed by atoms with Crippen LogP contribution in [0, 0.1) is 6.92 Å². The summed E-state index contributed by atoms with van der Waals surface area (Å²) in [6.07, 6.45) is 3.49.